The van der Waals surface area contributed by atoms with E-state index < -0.39 is 30.4 Å². The van der Waals surface area contributed by atoms with E-state index in [1.54, 1.807) is 0 Å². The summed E-state index contributed by atoms with van der Waals surface area (Å²) in [5.74, 6) is 0. The second kappa shape index (κ2) is 16.6. The number of hydrogen-bond acceptors (Lipinski definition) is 9. The highest BCUT2D eigenvalue weighted by molar-refractivity contribution is 7.85. The van der Waals surface area contributed by atoms with E-state index in [4.69, 9.17) is 13.7 Å². The van der Waals surface area contributed by atoms with Crippen molar-refractivity contribution >= 4 is 30.4 Å². The first kappa shape index (κ1) is 33.2. The van der Waals surface area contributed by atoms with Crippen LogP contribution in [0.5, 0.6) is 0 Å². The molecule has 2 heterocycles. The van der Waals surface area contributed by atoms with Gasteiger partial charge in [0.05, 0.1) is 18.8 Å². The number of rotatable bonds is 6. The van der Waals surface area contributed by atoms with Gasteiger partial charge in [-0.1, -0.05) is 12.1 Å². The van der Waals surface area contributed by atoms with Gasteiger partial charge >= 0.3 is 0 Å². The number of hydrogen-bond donors (Lipinski definition) is 3. The van der Waals surface area contributed by atoms with Gasteiger partial charge in [-0.05, 0) is 31.3 Å². The molecule has 3 N–H and O–H groups in total. The summed E-state index contributed by atoms with van der Waals surface area (Å²) in [5, 5.41) is 0. The molecule has 190 valence electrons. The van der Waals surface area contributed by atoms with Crippen molar-refractivity contribution in [2.24, 2.45) is 0 Å². The molecule has 0 saturated carbocycles. The standard InChI is InChI=1S/C15H19N3.3CH4O3S/c1-18(12-8-14-6-2-4-10-16-14)13-9-15-7-3-5-11-17-15;3*1-5(2,3)4/h2-7,10-11H,8-9,12-13H2,1H3;3*1H3,(H,2,3,4). The minimum absolute atomic E-state index is 0.715. The zero-order valence-corrected chi connectivity index (χ0v) is 21.3. The van der Waals surface area contributed by atoms with Gasteiger partial charge in [0.25, 0.3) is 30.4 Å². The van der Waals surface area contributed by atoms with E-state index in [0.29, 0.717) is 18.8 Å². The molecule has 2 aromatic heterocycles. The Balaban J connectivity index is 0. The largest absolute Gasteiger partial charge is 0.306 e. The van der Waals surface area contributed by atoms with Crippen LogP contribution in [0.2, 0.25) is 0 Å². The fraction of sp³-hybridized carbons (Fsp3) is 0.444. The van der Waals surface area contributed by atoms with Crippen molar-refractivity contribution in [1.29, 1.82) is 0 Å². The molecule has 0 radical (unpaired) electrons. The van der Waals surface area contributed by atoms with Crippen LogP contribution in [-0.4, -0.2) is 92.7 Å². The maximum atomic E-state index is 9.19. The molecular formula is C18H31N3O9S3. The molecule has 0 spiro atoms. The molecule has 0 amide bonds. The van der Waals surface area contributed by atoms with Crippen LogP contribution in [0.25, 0.3) is 0 Å². The second-order valence-electron chi connectivity index (χ2n) is 6.64. The highest BCUT2D eigenvalue weighted by Gasteiger charge is 2.01. The molecule has 12 nitrogen and oxygen atoms in total. The average molecular weight is 530 g/mol. The predicted octanol–water partition coefficient (Wildman–Crippen LogP) is 0.706. The van der Waals surface area contributed by atoms with Crippen LogP contribution in [0.3, 0.4) is 0 Å². The predicted molar refractivity (Wildman–Crippen MR) is 126 cm³/mol. The van der Waals surface area contributed by atoms with Crippen LogP contribution in [-0.2, 0) is 43.2 Å². The van der Waals surface area contributed by atoms with Crippen LogP contribution in [0.4, 0.5) is 0 Å². The molecule has 15 heteroatoms. The van der Waals surface area contributed by atoms with Crippen molar-refractivity contribution in [2.45, 2.75) is 12.8 Å². The SMILES string of the molecule is CN(CCc1ccccn1)CCc1ccccn1.CS(=O)(=O)O.CS(=O)(=O)O.CS(=O)(=O)O. The van der Waals surface area contributed by atoms with Crippen LogP contribution in [0.1, 0.15) is 11.4 Å². The fourth-order valence-corrected chi connectivity index (χ4v) is 1.81. The summed E-state index contributed by atoms with van der Waals surface area (Å²) >= 11 is 0. The molecule has 0 atom stereocenters. The zero-order valence-electron chi connectivity index (χ0n) is 18.8. The molecule has 0 bridgehead atoms. The van der Waals surface area contributed by atoms with Gasteiger partial charge in [-0.25, -0.2) is 0 Å². The first-order valence-corrected chi connectivity index (χ1v) is 14.6. The lowest BCUT2D eigenvalue weighted by molar-refractivity contribution is 0.340. The Morgan fingerprint density at radius 2 is 0.939 bits per heavy atom. The van der Waals surface area contributed by atoms with E-state index in [-0.39, 0.29) is 0 Å². The molecule has 0 aliphatic heterocycles. The summed E-state index contributed by atoms with van der Waals surface area (Å²) in [5.41, 5.74) is 2.31. The monoisotopic (exact) mass is 529 g/mol. The van der Waals surface area contributed by atoms with E-state index in [1.165, 1.54) is 0 Å². The van der Waals surface area contributed by atoms with E-state index in [1.807, 2.05) is 36.7 Å². The maximum absolute atomic E-state index is 9.19. The van der Waals surface area contributed by atoms with Crippen LogP contribution in [0.15, 0.2) is 48.8 Å². The highest BCUT2D eigenvalue weighted by atomic mass is 32.2. The Labute approximate surface area is 196 Å². The normalized spacial score (nSPS) is 11.2. The molecule has 0 aliphatic carbocycles. The zero-order chi connectivity index (χ0) is 26.1. The van der Waals surface area contributed by atoms with Crippen molar-refractivity contribution < 1.29 is 38.9 Å². The lowest BCUT2D eigenvalue weighted by Gasteiger charge is -2.15. The summed E-state index contributed by atoms with van der Waals surface area (Å²) in [7, 11) is -8.86. The van der Waals surface area contributed by atoms with Gasteiger partial charge in [-0.2, -0.15) is 25.3 Å². The van der Waals surface area contributed by atoms with Crippen molar-refractivity contribution in [3.63, 3.8) is 0 Å². The number of pyridine rings is 2. The van der Waals surface area contributed by atoms with Gasteiger partial charge < -0.3 is 4.90 Å². The van der Waals surface area contributed by atoms with E-state index >= 15 is 0 Å². The highest BCUT2D eigenvalue weighted by Crippen LogP contribution is 1.99. The van der Waals surface area contributed by atoms with Gasteiger partial charge in [0.15, 0.2) is 0 Å². The van der Waals surface area contributed by atoms with E-state index in [2.05, 4.69) is 34.0 Å². The second-order valence-corrected chi connectivity index (χ2v) is 11.0. The Hall–Kier alpha value is -2.01. The Kier molecular flexibility index (Phi) is 16.7. The molecule has 0 aliphatic rings. The molecule has 2 aromatic rings. The third-order valence-electron chi connectivity index (χ3n) is 2.95. The topological polar surface area (TPSA) is 192 Å². The summed E-state index contributed by atoms with van der Waals surface area (Å²) in [6.45, 7) is 2.06. The third-order valence-corrected chi connectivity index (χ3v) is 2.95. The molecule has 0 saturated heterocycles. The average Bonchev–Trinajstić information content (AvgIpc) is 2.62. The van der Waals surface area contributed by atoms with Gasteiger partial charge in [0.1, 0.15) is 0 Å². The molecule has 0 fully saturated rings. The van der Waals surface area contributed by atoms with Crippen molar-refractivity contribution in [2.75, 3.05) is 38.9 Å². The smallest absolute Gasteiger partial charge is 0.261 e. The van der Waals surface area contributed by atoms with Crippen LogP contribution in [0, 0.1) is 0 Å². The lowest BCUT2D eigenvalue weighted by atomic mass is 10.2. The van der Waals surface area contributed by atoms with Crippen molar-refractivity contribution in [3.05, 3.63) is 60.2 Å². The van der Waals surface area contributed by atoms with Gasteiger partial charge in [0.2, 0.25) is 0 Å². The van der Waals surface area contributed by atoms with Crippen LogP contribution < -0.4 is 0 Å². The van der Waals surface area contributed by atoms with Gasteiger partial charge in [-0.15, -0.1) is 0 Å². The number of nitrogens with zero attached hydrogens (tertiary/aromatic N) is 3. The molecular weight excluding hydrogens is 498 g/mol. The Morgan fingerprint density at radius 1 is 0.667 bits per heavy atom. The summed E-state index contributed by atoms with van der Waals surface area (Å²) < 4.78 is 77.6. The Bertz CT molecular complexity index is 940. The van der Waals surface area contributed by atoms with Gasteiger partial charge in [0, 0.05) is 49.7 Å². The molecule has 2 rings (SSSR count). The van der Waals surface area contributed by atoms with E-state index in [9.17, 15) is 25.3 Å². The number of likely N-dealkylation sites (N-methyl/N-ethyl adjacent to an activating group) is 1. The van der Waals surface area contributed by atoms with Crippen LogP contribution >= 0.6 is 0 Å². The van der Waals surface area contributed by atoms with E-state index in [0.717, 1.165) is 37.3 Å². The fourth-order valence-electron chi connectivity index (χ4n) is 1.81. The molecule has 0 unspecified atom stereocenters. The van der Waals surface area contributed by atoms with Crippen molar-refractivity contribution in [3.8, 4) is 0 Å². The minimum Gasteiger partial charge on any atom is -0.306 e. The summed E-state index contributed by atoms with van der Waals surface area (Å²) in [6, 6.07) is 12.1. The first-order chi connectivity index (χ1) is 14.8. The summed E-state index contributed by atoms with van der Waals surface area (Å²) in [4.78, 5) is 11.0. The molecule has 0 aromatic carbocycles. The minimum atomic E-state index is -3.67. The summed E-state index contributed by atoms with van der Waals surface area (Å²) in [6.07, 6.45) is 7.85. The first-order valence-electron chi connectivity index (χ1n) is 9.10. The van der Waals surface area contributed by atoms with Crippen molar-refractivity contribution in [1.82, 2.24) is 14.9 Å². The quantitative estimate of drug-likeness (QED) is 0.444. The van der Waals surface area contributed by atoms with Gasteiger partial charge in [-0.3, -0.25) is 23.6 Å². The third kappa shape index (κ3) is 40.8. The Morgan fingerprint density at radius 3 is 1.15 bits per heavy atom. The molecule has 33 heavy (non-hydrogen) atoms. The number of aromatic nitrogens is 2. The maximum Gasteiger partial charge on any atom is 0.261 e. The lowest BCUT2D eigenvalue weighted by Crippen LogP contribution is -2.24.